The molecule has 3 rings (SSSR count). The van der Waals surface area contributed by atoms with Gasteiger partial charge in [-0.1, -0.05) is 23.7 Å². The Kier molecular flexibility index (Phi) is 9.44. The van der Waals surface area contributed by atoms with Gasteiger partial charge in [0.1, 0.15) is 12.4 Å². The number of carboxylic acid groups (broad SMARTS) is 2. The number of para-hydroxylation sites is 1. The Morgan fingerprint density at radius 3 is 2.45 bits per heavy atom. The number of fused-ring (bicyclic) bond motifs is 1. The molecule has 2 aromatic carbocycles. The van der Waals surface area contributed by atoms with Crippen LogP contribution < -0.4 is 10.3 Å². The summed E-state index contributed by atoms with van der Waals surface area (Å²) in [6, 6.07) is 12.6. The monoisotopic (exact) mass is 512 g/mol. The largest absolute Gasteiger partial charge is 0.490 e. The molecule has 0 spiro atoms. The van der Waals surface area contributed by atoms with Gasteiger partial charge in [-0.2, -0.15) is 0 Å². The maximum atomic E-state index is 12.3. The molecule has 0 aliphatic rings. The smallest absolute Gasteiger partial charge is 0.414 e. The van der Waals surface area contributed by atoms with E-state index in [1.807, 2.05) is 18.2 Å². The molecular formula is C20H18BrClN2O7. The summed E-state index contributed by atoms with van der Waals surface area (Å²) in [5, 5.41) is 16.0. The van der Waals surface area contributed by atoms with E-state index in [9.17, 15) is 4.79 Å². The Hall–Kier alpha value is -2.95. The third kappa shape index (κ3) is 7.67. The van der Waals surface area contributed by atoms with Crippen molar-refractivity contribution in [3.05, 3.63) is 68.6 Å². The molecule has 0 unspecified atom stereocenters. The second kappa shape index (κ2) is 12.0. The van der Waals surface area contributed by atoms with Gasteiger partial charge in [0.2, 0.25) is 0 Å². The number of rotatable bonds is 7. The topological polar surface area (TPSA) is 128 Å². The summed E-state index contributed by atoms with van der Waals surface area (Å²) in [6.45, 7) is 1.68. The van der Waals surface area contributed by atoms with Crippen LogP contribution in [0.1, 0.15) is 0 Å². The van der Waals surface area contributed by atoms with Crippen LogP contribution in [0.4, 0.5) is 0 Å². The molecule has 0 fully saturated rings. The molecule has 0 saturated heterocycles. The van der Waals surface area contributed by atoms with E-state index in [1.54, 1.807) is 35.2 Å². The molecule has 31 heavy (non-hydrogen) atoms. The van der Waals surface area contributed by atoms with Gasteiger partial charge in [-0.3, -0.25) is 9.36 Å². The van der Waals surface area contributed by atoms with E-state index in [2.05, 4.69) is 20.9 Å². The number of carbonyl (C=O) groups is 2. The summed E-state index contributed by atoms with van der Waals surface area (Å²) in [6.07, 6.45) is 1.55. The predicted molar refractivity (Wildman–Crippen MR) is 117 cm³/mol. The summed E-state index contributed by atoms with van der Waals surface area (Å²) in [4.78, 5) is 34.8. The normalized spacial score (nSPS) is 10.3. The molecule has 164 valence electrons. The van der Waals surface area contributed by atoms with E-state index in [0.29, 0.717) is 48.0 Å². The van der Waals surface area contributed by atoms with Gasteiger partial charge in [-0.05, 0) is 46.3 Å². The van der Waals surface area contributed by atoms with Crippen LogP contribution >= 0.6 is 27.5 Å². The standard InChI is InChI=1S/C18H16BrClN2O3.C2H2O4/c19-15-11-13(20)5-6-17(15)25-10-9-24-8-7-22-12-21-16-4-2-1-3-14(16)18(22)23;3-1(4)2(5)6/h1-6,11-12H,7-10H2;(H,3,4)(H,5,6). The van der Waals surface area contributed by atoms with E-state index in [-0.39, 0.29) is 5.56 Å². The fraction of sp³-hybridized carbons (Fsp3) is 0.200. The fourth-order valence-corrected chi connectivity index (χ4v) is 3.13. The molecule has 9 nitrogen and oxygen atoms in total. The molecule has 0 aliphatic carbocycles. The summed E-state index contributed by atoms with van der Waals surface area (Å²) in [7, 11) is 0. The molecule has 1 heterocycles. The van der Waals surface area contributed by atoms with Crippen molar-refractivity contribution in [2.24, 2.45) is 0 Å². The molecule has 0 saturated carbocycles. The summed E-state index contributed by atoms with van der Waals surface area (Å²) in [5.41, 5.74) is 0.641. The highest BCUT2D eigenvalue weighted by molar-refractivity contribution is 9.10. The molecule has 0 atom stereocenters. The summed E-state index contributed by atoms with van der Waals surface area (Å²) in [5.74, 6) is -2.94. The maximum absolute atomic E-state index is 12.3. The van der Waals surface area contributed by atoms with Gasteiger partial charge in [0.15, 0.2) is 0 Å². The number of ether oxygens (including phenoxy) is 2. The molecule has 1 aromatic heterocycles. The Morgan fingerprint density at radius 1 is 1.06 bits per heavy atom. The first-order valence-electron chi connectivity index (χ1n) is 8.85. The first-order chi connectivity index (χ1) is 14.8. The van der Waals surface area contributed by atoms with E-state index in [0.717, 1.165) is 4.47 Å². The highest BCUT2D eigenvalue weighted by Gasteiger charge is 2.05. The van der Waals surface area contributed by atoms with Crippen LogP contribution in [0, 0.1) is 0 Å². The highest BCUT2D eigenvalue weighted by atomic mass is 79.9. The minimum atomic E-state index is -1.82. The summed E-state index contributed by atoms with van der Waals surface area (Å²) < 4.78 is 13.5. The number of carboxylic acids is 2. The Bertz CT molecular complexity index is 1110. The molecule has 0 radical (unpaired) electrons. The van der Waals surface area contributed by atoms with E-state index >= 15 is 0 Å². The minimum Gasteiger partial charge on any atom is -0.490 e. The SMILES string of the molecule is O=C(O)C(=O)O.O=c1c2ccccc2ncn1CCOCCOc1ccc(Cl)cc1Br. The number of halogens is 2. The highest BCUT2D eigenvalue weighted by Crippen LogP contribution is 2.27. The molecule has 0 aliphatic heterocycles. The van der Waals surface area contributed by atoms with Gasteiger partial charge in [-0.25, -0.2) is 14.6 Å². The molecule has 3 aromatic rings. The molecular weight excluding hydrogens is 496 g/mol. The Labute approximate surface area is 189 Å². The number of aliphatic carboxylic acids is 2. The van der Waals surface area contributed by atoms with Crippen LogP contribution in [-0.4, -0.2) is 51.5 Å². The molecule has 0 amide bonds. The van der Waals surface area contributed by atoms with Crippen LogP contribution in [0.2, 0.25) is 5.02 Å². The van der Waals surface area contributed by atoms with Gasteiger partial charge < -0.3 is 19.7 Å². The predicted octanol–water partition coefficient (Wildman–Crippen LogP) is 3.06. The fourth-order valence-electron chi connectivity index (χ4n) is 2.33. The third-order valence-electron chi connectivity index (χ3n) is 3.77. The van der Waals surface area contributed by atoms with E-state index in [1.165, 1.54) is 0 Å². The maximum Gasteiger partial charge on any atom is 0.414 e. The van der Waals surface area contributed by atoms with Crippen LogP contribution in [-0.2, 0) is 20.9 Å². The van der Waals surface area contributed by atoms with Crippen molar-refractivity contribution in [2.45, 2.75) is 6.54 Å². The Morgan fingerprint density at radius 2 is 1.77 bits per heavy atom. The first kappa shape index (κ1) is 24.3. The molecule has 2 N–H and O–H groups in total. The first-order valence-corrected chi connectivity index (χ1v) is 10.0. The van der Waals surface area contributed by atoms with Gasteiger partial charge in [-0.15, -0.1) is 0 Å². The van der Waals surface area contributed by atoms with Crippen molar-refractivity contribution in [1.82, 2.24) is 9.55 Å². The summed E-state index contributed by atoms with van der Waals surface area (Å²) >= 11 is 9.28. The zero-order valence-corrected chi connectivity index (χ0v) is 18.4. The van der Waals surface area contributed by atoms with Crippen molar-refractivity contribution in [1.29, 1.82) is 0 Å². The number of hydrogen-bond acceptors (Lipinski definition) is 6. The quantitative estimate of drug-likeness (QED) is 0.364. The van der Waals surface area contributed by atoms with Crippen LogP contribution in [0.5, 0.6) is 5.75 Å². The average Bonchev–Trinajstić information content (AvgIpc) is 2.74. The van der Waals surface area contributed by atoms with Gasteiger partial charge in [0, 0.05) is 5.02 Å². The van der Waals surface area contributed by atoms with Crippen LogP contribution in [0.15, 0.2) is 58.1 Å². The number of nitrogens with zero attached hydrogens (tertiary/aromatic N) is 2. The van der Waals surface area contributed by atoms with Gasteiger partial charge in [0.25, 0.3) is 5.56 Å². The lowest BCUT2D eigenvalue weighted by atomic mass is 10.2. The second-order valence-electron chi connectivity index (χ2n) is 5.91. The van der Waals surface area contributed by atoms with Crippen molar-refractivity contribution in [2.75, 3.05) is 19.8 Å². The van der Waals surface area contributed by atoms with Gasteiger partial charge in [0.05, 0.1) is 41.5 Å². The van der Waals surface area contributed by atoms with Gasteiger partial charge >= 0.3 is 11.9 Å². The average molecular weight is 514 g/mol. The number of benzene rings is 2. The van der Waals surface area contributed by atoms with Crippen molar-refractivity contribution in [3.63, 3.8) is 0 Å². The Balaban J connectivity index is 0.000000501. The van der Waals surface area contributed by atoms with Crippen molar-refractivity contribution < 1.29 is 29.3 Å². The lowest BCUT2D eigenvalue weighted by molar-refractivity contribution is -0.159. The molecule has 11 heteroatoms. The van der Waals surface area contributed by atoms with E-state index < -0.39 is 11.9 Å². The molecule has 0 bridgehead atoms. The minimum absolute atomic E-state index is 0.0597. The van der Waals surface area contributed by atoms with Crippen molar-refractivity contribution >= 4 is 50.4 Å². The zero-order valence-electron chi connectivity index (χ0n) is 16.0. The van der Waals surface area contributed by atoms with Crippen molar-refractivity contribution in [3.8, 4) is 5.75 Å². The third-order valence-corrected chi connectivity index (χ3v) is 4.62. The second-order valence-corrected chi connectivity index (χ2v) is 7.20. The lowest BCUT2D eigenvalue weighted by Gasteiger charge is -2.10. The zero-order chi connectivity index (χ0) is 22.8. The van der Waals surface area contributed by atoms with Crippen LogP contribution in [0.3, 0.4) is 0 Å². The van der Waals surface area contributed by atoms with E-state index in [4.69, 9.17) is 40.9 Å². The number of aromatic nitrogens is 2. The number of hydrogen-bond donors (Lipinski definition) is 2. The van der Waals surface area contributed by atoms with Crippen LogP contribution in [0.25, 0.3) is 10.9 Å². The lowest BCUT2D eigenvalue weighted by Crippen LogP contribution is -2.23.